The molecular formula is C31H28BrN3O3S. The number of hydrogen-bond donors (Lipinski definition) is 2. The number of rotatable bonds is 9. The summed E-state index contributed by atoms with van der Waals surface area (Å²) in [6, 6.07) is 31.8. The second kappa shape index (κ2) is 13.7. The van der Waals surface area contributed by atoms with Gasteiger partial charge in [0.15, 0.2) is 5.11 Å². The number of nitrogens with zero attached hydrogens (tertiary/aromatic N) is 1. The number of para-hydroxylation sites is 1. The van der Waals surface area contributed by atoms with Crippen LogP contribution in [-0.2, 0) is 6.42 Å². The van der Waals surface area contributed by atoms with Crippen molar-refractivity contribution in [3.63, 3.8) is 0 Å². The summed E-state index contributed by atoms with van der Waals surface area (Å²) in [5.74, 6) is 0.164. The Kier molecular flexibility index (Phi) is 9.83. The highest BCUT2D eigenvalue weighted by Gasteiger charge is 2.17. The van der Waals surface area contributed by atoms with Crippen LogP contribution in [0.15, 0.2) is 108 Å². The van der Waals surface area contributed by atoms with Crippen molar-refractivity contribution < 1.29 is 14.3 Å². The molecule has 0 fully saturated rings. The Bertz CT molecular complexity index is 1450. The smallest absolute Gasteiger partial charge is 0.258 e. The fourth-order valence-electron chi connectivity index (χ4n) is 3.96. The van der Waals surface area contributed by atoms with Crippen molar-refractivity contribution in [3.05, 3.63) is 124 Å². The number of halogens is 1. The number of hydrogen-bond acceptors (Lipinski definition) is 4. The zero-order chi connectivity index (χ0) is 27.6. The Balaban J connectivity index is 1.33. The summed E-state index contributed by atoms with van der Waals surface area (Å²) in [4.78, 5) is 27.7. The van der Waals surface area contributed by atoms with Crippen LogP contribution in [0.2, 0.25) is 0 Å². The molecule has 0 aliphatic carbocycles. The SMILES string of the molecule is CCN(C(=O)c1cccc(NC(=S)NC(=O)c2ccc(OCCc3ccccc3)c(Br)c2)c1)c1ccccc1. The molecule has 0 radical (unpaired) electrons. The van der Waals surface area contributed by atoms with E-state index in [-0.39, 0.29) is 16.9 Å². The van der Waals surface area contributed by atoms with Gasteiger partial charge in [0.25, 0.3) is 11.8 Å². The first-order valence-corrected chi connectivity index (χ1v) is 13.7. The summed E-state index contributed by atoms with van der Waals surface area (Å²) >= 11 is 8.85. The summed E-state index contributed by atoms with van der Waals surface area (Å²) in [5.41, 5.74) is 3.54. The van der Waals surface area contributed by atoms with Crippen molar-refractivity contribution in [3.8, 4) is 5.75 Å². The van der Waals surface area contributed by atoms with Gasteiger partial charge in [-0.25, -0.2) is 0 Å². The summed E-state index contributed by atoms with van der Waals surface area (Å²) in [6.45, 7) is 2.98. The molecule has 0 heterocycles. The van der Waals surface area contributed by atoms with Crippen LogP contribution >= 0.6 is 28.1 Å². The van der Waals surface area contributed by atoms with Gasteiger partial charge in [-0.05, 0) is 89.2 Å². The molecule has 39 heavy (non-hydrogen) atoms. The van der Waals surface area contributed by atoms with E-state index in [9.17, 15) is 9.59 Å². The average molecular weight is 603 g/mol. The maximum atomic E-state index is 13.2. The molecule has 0 unspecified atom stereocenters. The molecule has 0 atom stereocenters. The van der Waals surface area contributed by atoms with Crippen molar-refractivity contribution in [2.45, 2.75) is 13.3 Å². The first-order chi connectivity index (χ1) is 18.9. The van der Waals surface area contributed by atoms with E-state index in [0.29, 0.717) is 40.2 Å². The summed E-state index contributed by atoms with van der Waals surface area (Å²) in [7, 11) is 0. The van der Waals surface area contributed by atoms with Gasteiger partial charge in [-0.2, -0.15) is 0 Å². The second-order valence-electron chi connectivity index (χ2n) is 8.60. The second-order valence-corrected chi connectivity index (χ2v) is 9.87. The Hall–Kier alpha value is -4.01. The molecule has 0 aliphatic rings. The zero-order valence-corrected chi connectivity index (χ0v) is 23.8. The van der Waals surface area contributed by atoms with E-state index < -0.39 is 0 Å². The lowest BCUT2D eigenvalue weighted by Gasteiger charge is -2.21. The minimum atomic E-state index is -0.363. The van der Waals surface area contributed by atoms with Crippen molar-refractivity contribution in [2.24, 2.45) is 0 Å². The third-order valence-electron chi connectivity index (χ3n) is 5.91. The van der Waals surface area contributed by atoms with E-state index in [1.165, 1.54) is 5.56 Å². The van der Waals surface area contributed by atoms with Gasteiger partial charge < -0.3 is 15.0 Å². The van der Waals surface area contributed by atoms with Crippen molar-refractivity contribution in [1.82, 2.24) is 5.32 Å². The number of carbonyl (C=O) groups is 2. The normalized spacial score (nSPS) is 10.4. The van der Waals surface area contributed by atoms with Crippen molar-refractivity contribution >= 4 is 56.4 Å². The number of anilines is 2. The predicted molar refractivity (Wildman–Crippen MR) is 164 cm³/mol. The van der Waals surface area contributed by atoms with Crippen LogP contribution in [0.3, 0.4) is 0 Å². The quantitative estimate of drug-likeness (QED) is 0.205. The van der Waals surface area contributed by atoms with Gasteiger partial charge in [0.2, 0.25) is 0 Å². The summed E-state index contributed by atoms with van der Waals surface area (Å²) < 4.78 is 6.54. The standard InChI is InChI=1S/C31H28BrN3O3S/c1-2-35(26-14-7-4-8-15-26)30(37)24-12-9-13-25(20-24)33-31(39)34-29(36)23-16-17-28(27(32)21-23)38-19-18-22-10-5-3-6-11-22/h3-17,20-21H,2,18-19H2,1H3,(H2,33,34,36,39). The highest BCUT2D eigenvalue weighted by molar-refractivity contribution is 9.10. The van der Waals surface area contributed by atoms with Gasteiger partial charge in [0.05, 0.1) is 11.1 Å². The molecule has 0 saturated carbocycles. The van der Waals surface area contributed by atoms with Crippen molar-refractivity contribution in [1.29, 1.82) is 0 Å². The molecule has 0 spiro atoms. The molecule has 4 rings (SSSR count). The van der Waals surface area contributed by atoms with Crippen LogP contribution in [0.25, 0.3) is 0 Å². The van der Waals surface area contributed by atoms with Gasteiger partial charge in [0.1, 0.15) is 5.75 Å². The van der Waals surface area contributed by atoms with Crippen LogP contribution in [-0.4, -0.2) is 30.1 Å². The van der Waals surface area contributed by atoms with Gasteiger partial charge in [-0.1, -0.05) is 54.6 Å². The molecule has 0 aromatic heterocycles. The van der Waals surface area contributed by atoms with E-state index in [1.807, 2.05) is 55.5 Å². The monoisotopic (exact) mass is 601 g/mol. The molecular weight excluding hydrogens is 574 g/mol. The predicted octanol–water partition coefficient (Wildman–Crippen LogP) is 6.86. The Morgan fingerprint density at radius 3 is 2.28 bits per heavy atom. The molecule has 6 nitrogen and oxygen atoms in total. The number of amides is 2. The first kappa shape index (κ1) is 28.0. The van der Waals surface area contributed by atoms with Crippen LogP contribution in [0.1, 0.15) is 33.2 Å². The highest BCUT2D eigenvalue weighted by Crippen LogP contribution is 2.26. The van der Waals surface area contributed by atoms with Gasteiger partial charge in [-0.3, -0.25) is 14.9 Å². The number of carbonyl (C=O) groups excluding carboxylic acids is 2. The molecule has 198 valence electrons. The maximum absolute atomic E-state index is 13.2. The van der Waals surface area contributed by atoms with E-state index in [4.69, 9.17) is 17.0 Å². The first-order valence-electron chi connectivity index (χ1n) is 12.5. The third kappa shape index (κ3) is 7.75. The molecule has 0 saturated heterocycles. The van der Waals surface area contributed by atoms with Crippen LogP contribution in [0.5, 0.6) is 5.75 Å². The summed E-state index contributed by atoms with van der Waals surface area (Å²) in [6.07, 6.45) is 0.783. The number of ether oxygens (including phenoxy) is 1. The number of nitrogens with one attached hydrogen (secondary N) is 2. The minimum Gasteiger partial charge on any atom is -0.492 e. The zero-order valence-electron chi connectivity index (χ0n) is 21.4. The van der Waals surface area contributed by atoms with E-state index in [2.05, 4.69) is 38.7 Å². The van der Waals surface area contributed by atoms with Crippen LogP contribution < -0.4 is 20.3 Å². The Morgan fingerprint density at radius 2 is 1.59 bits per heavy atom. The Morgan fingerprint density at radius 1 is 0.872 bits per heavy atom. The maximum Gasteiger partial charge on any atom is 0.258 e. The van der Waals surface area contributed by atoms with Crippen molar-refractivity contribution in [2.75, 3.05) is 23.4 Å². The lowest BCUT2D eigenvalue weighted by atomic mass is 10.1. The number of benzene rings is 4. The van der Waals surface area contributed by atoms with Gasteiger partial charge in [-0.15, -0.1) is 0 Å². The van der Waals surface area contributed by atoms with E-state index in [0.717, 1.165) is 12.1 Å². The topological polar surface area (TPSA) is 70.7 Å². The lowest BCUT2D eigenvalue weighted by molar-refractivity contribution is 0.0973. The highest BCUT2D eigenvalue weighted by atomic mass is 79.9. The average Bonchev–Trinajstić information content (AvgIpc) is 2.95. The number of thiocarbonyl (C=S) groups is 1. The van der Waals surface area contributed by atoms with E-state index in [1.54, 1.807) is 47.4 Å². The molecule has 2 amide bonds. The molecule has 2 N–H and O–H groups in total. The van der Waals surface area contributed by atoms with E-state index >= 15 is 0 Å². The largest absolute Gasteiger partial charge is 0.492 e. The fourth-order valence-corrected chi connectivity index (χ4v) is 4.66. The minimum absolute atomic E-state index is 0.124. The molecule has 8 heteroatoms. The fraction of sp³-hybridized carbons (Fsp3) is 0.129. The molecule has 0 bridgehead atoms. The lowest BCUT2D eigenvalue weighted by Crippen LogP contribution is -2.34. The van der Waals surface area contributed by atoms with Crippen LogP contribution in [0, 0.1) is 0 Å². The van der Waals surface area contributed by atoms with Crippen LogP contribution in [0.4, 0.5) is 11.4 Å². The molecule has 0 aliphatic heterocycles. The molecule has 4 aromatic rings. The van der Waals surface area contributed by atoms with Gasteiger partial charge >= 0.3 is 0 Å². The van der Waals surface area contributed by atoms with Gasteiger partial charge in [0, 0.05) is 35.5 Å². The summed E-state index contributed by atoms with van der Waals surface area (Å²) in [5, 5.41) is 5.81. The molecule has 4 aromatic carbocycles. The Labute approximate surface area is 242 Å². The third-order valence-corrected chi connectivity index (χ3v) is 6.73.